The predicted molar refractivity (Wildman–Crippen MR) is 144 cm³/mol. The first-order chi connectivity index (χ1) is 18.3. The molecule has 0 radical (unpaired) electrons. The standard InChI is InChI=1S/C30H40N2O6/c1-21(33)30(2)20-32(28(34)15-16-31-29(35)37-19-22-9-5-4-6-10-22)18-25(30)23-13-14-26(36-3)27(17-23)38-24-11-7-8-12-24/h4-6,9-10,13-14,17,21,24-25,33H,7-8,11-12,15-16,18-20H2,1-3H3,(H,31,35). The predicted octanol–water partition coefficient (Wildman–Crippen LogP) is 4.65. The van der Waals surface area contributed by atoms with Crippen molar-refractivity contribution >= 4 is 12.0 Å². The van der Waals surface area contributed by atoms with Gasteiger partial charge >= 0.3 is 6.09 Å². The van der Waals surface area contributed by atoms with E-state index in [-0.39, 0.29) is 37.5 Å². The lowest BCUT2D eigenvalue weighted by Gasteiger charge is -2.34. The highest BCUT2D eigenvalue weighted by Crippen LogP contribution is 2.47. The molecule has 4 rings (SSSR count). The van der Waals surface area contributed by atoms with E-state index in [1.54, 1.807) is 18.9 Å². The summed E-state index contributed by atoms with van der Waals surface area (Å²) in [5.74, 6) is 1.26. The molecule has 8 nitrogen and oxygen atoms in total. The minimum absolute atomic E-state index is 0.0707. The Labute approximate surface area is 225 Å². The average Bonchev–Trinajstić information content (AvgIpc) is 3.56. The van der Waals surface area contributed by atoms with Gasteiger partial charge in [-0.25, -0.2) is 4.79 Å². The molecular formula is C30H40N2O6. The second-order valence-electron chi connectivity index (χ2n) is 10.7. The first-order valence-corrected chi connectivity index (χ1v) is 13.5. The van der Waals surface area contributed by atoms with Crippen LogP contribution in [0, 0.1) is 5.41 Å². The summed E-state index contributed by atoms with van der Waals surface area (Å²) in [5.41, 5.74) is 1.38. The number of ether oxygens (including phenoxy) is 3. The lowest BCUT2D eigenvalue weighted by Crippen LogP contribution is -2.38. The summed E-state index contributed by atoms with van der Waals surface area (Å²) < 4.78 is 17.1. The summed E-state index contributed by atoms with van der Waals surface area (Å²) in [4.78, 5) is 26.9. The minimum atomic E-state index is -0.627. The van der Waals surface area contributed by atoms with Crippen LogP contribution in [0.3, 0.4) is 0 Å². The Morgan fingerprint density at radius 2 is 1.87 bits per heavy atom. The molecule has 1 aliphatic carbocycles. The first-order valence-electron chi connectivity index (χ1n) is 13.5. The van der Waals surface area contributed by atoms with Crippen molar-refractivity contribution in [2.24, 2.45) is 5.41 Å². The number of nitrogens with zero attached hydrogens (tertiary/aromatic N) is 1. The Morgan fingerprint density at radius 1 is 1.13 bits per heavy atom. The average molecular weight is 525 g/mol. The molecule has 3 unspecified atom stereocenters. The van der Waals surface area contributed by atoms with Gasteiger partial charge in [-0.2, -0.15) is 0 Å². The molecule has 2 aromatic rings. The lowest BCUT2D eigenvalue weighted by atomic mass is 9.72. The van der Waals surface area contributed by atoms with E-state index < -0.39 is 17.6 Å². The number of hydrogen-bond acceptors (Lipinski definition) is 6. The third-order valence-corrected chi connectivity index (χ3v) is 8.04. The van der Waals surface area contributed by atoms with Crippen molar-refractivity contribution in [3.8, 4) is 11.5 Å². The monoisotopic (exact) mass is 524 g/mol. The number of hydrogen-bond donors (Lipinski definition) is 2. The van der Waals surface area contributed by atoms with Crippen molar-refractivity contribution < 1.29 is 28.9 Å². The molecule has 8 heteroatoms. The SMILES string of the molecule is COc1ccc(C2CN(C(=O)CCNC(=O)OCc3ccccc3)CC2(C)C(C)O)cc1OC1CCCC1. The number of rotatable bonds is 10. The molecule has 0 aromatic heterocycles. The van der Waals surface area contributed by atoms with Crippen LogP contribution in [0.1, 0.15) is 63.0 Å². The van der Waals surface area contributed by atoms with Crippen LogP contribution in [0.4, 0.5) is 4.79 Å². The summed E-state index contributed by atoms with van der Waals surface area (Å²) >= 11 is 0. The smallest absolute Gasteiger partial charge is 0.407 e. The zero-order chi connectivity index (χ0) is 27.1. The second kappa shape index (κ2) is 12.5. The van der Waals surface area contributed by atoms with Crippen LogP contribution < -0.4 is 14.8 Å². The molecule has 2 aromatic carbocycles. The molecule has 1 heterocycles. The van der Waals surface area contributed by atoms with Gasteiger partial charge in [0.1, 0.15) is 6.61 Å². The maximum absolute atomic E-state index is 13.1. The first kappa shape index (κ1) is 27.8. The molecule has 0 bridgehead atoms. The van der Waals surface area contributed by atoms with E-state index >= 15 is 0 Å². The van der Waals surface area contributed by atoms with Gasteiger partial charge in [-0.3, -0.25) is 4.79 Å². The van der Waals surface area contributed by atoms with Gasteiger partial charge in [0.2, 0.25) is 5.91 Å². The number of carbonyl (C=O) groups is 2. The number of methoxy groups -OCH3 is 1. The molecule has 38 heavy (non-hydrogen) atoms. The maximum Gasteiger partial charge on any atom is 0.407 e. The Bertz CT molecular complexity index is 1090. The molecule has 1 saturated carbocycles. The van der Waals surface area contributed by atoms with Crippen molar-refractivity contribution in [1.82, 2.24) is 10.2 Å². The van der Waals surface area contributed by atoms with Crippen LogP contribution >= 0.6 is 0 Å². The van der Waals surface area contributed by atoms with Crippen molar-refractivity contribution in [2.45, 2.75) is 70.7 Å². The lowest BCUT2D eigenvalue weighted by molar-refractivity contribution is -0.130. The van der Waals surface area contributed by atoms with E-state index in [4.69, 9.17) is 14.2 Å². The van der Waals surface area contributed by atoms with Crippen molar-refractivity contribution in [1.29, 1.82) is 0 Å². The van der Waals surface area contributed by atoms with Crippen molar-refractivity contribution in [2.75, 3.05) is 26.7 Å². The Hall–Kier alpha value is -3.26. The van der Waals surface area contributed by atoms with Crippen molar-refractivity contribution in [3.63, 3.8) is 0 Å². The van der Waals surface area contributed by atoms with Gasteiger partial charge in [0, 0.05) is 37.4 Å². The summed E-state index contributed by atoms with van der Waals surface area (Å²) in [6.07, 6.45) is 3.59. The number of aliphatic hydroxyl groups excluding tert-OH is 1. The van der Waals surface area contributed by atoms with E-state index in [9.17, 15) is 14.7 Å². The molecule has 2 fully saturated rings. The van der Waals surface area contributed by atoms with Gasteiger partial charge in [0.05, 0.1) is 19.3 Å². The highest BCUT2D eigenvalue weighted by Gasteiger charge is 2.48. The van der Waals surface area contributed by atoms with Crippen LogP contribution in [0.5, 0.6) is 11.5 Å². The third-order valence-electron chi connectivity index (χ3n) is 8.04. The van der Waals surface area contributed by atoms with Crippen LogP contribution in [0.15, 0.2) is 48.5 Å². The zero-order valence-electron chi connectivity index (χ0n) is 22.7. The fourth-order valence-corrected chi connectivity index (χ4v) is 5.51. The fraction of sp³-hybridized carbons (Fsp3) is 0.533. The van der Waals surface area contributed by atoms with Gasteiger partial charge in [-0.15, -0.1) is 0 Å². The van der Waals surface area contributed by atoms with Gasteiger partial charge < -0.3 is 29.5 Å². The number of alkyl carbamates (subject to hydrolysis) is 1. The van der Waals surface area contributed by atoms with E-state index in [0.717, 1.165) is 24.0 Å². The van der Waals surface area contributed by atoms with Crippen LogP contribution in [0.2, 0.25) is 0 Å². The maximum atomic E-state index is 13.1. The summed E-state index contributed by atoms with van der Waals surface area (Å²) in [6, 6.07) is 15.4. The van der Waals surface area contributed by atoms with Gasteiger partial charge in [-0.05, 0) is 55.9 Å². The topological polar surface area (TPSA) is 97.3 Å². The molecule has 2 amide bonds. The molecule has 1 saturated heterocycles. The van der Waals surface area contributed by atoms with E-state index in [0.29, 0.717) is 24.6 Å². The Kier molecular flexibility index (Phi) is 9.15. The summed E-state index contributed by atoms with van der Waals surface area (Å²) in [5, 5.41) is 13.4. The zero-order valence-corrected chi connectivity index (χ0v) is 22.7. The molecule has 206 valence electrons. The highest BCUT2D eigenvalue weighted by atomic mass is 16.5. The molecular weight excluding hydrogens is 484 g/mol. The van der Waals surface area contributed by atoms with E-state index in [1.165, 1.54) is 12.8 Å². The molecule has 2 aliphatic rings. The van der Waals surface area contributed by atoms with Crippen LogP contribution in [-0.2, 0) is 16.1 Å². The number of benzene rings is 2. The largest absolute Gasteiger partial charge is 0.493 e. The second-order valence-corrected chi connectivity index (χ2v) is 10.7. The summed E-state index contributed by atoms with van der Waals surface area (Å²) in [6.45, 7) is 5.07. The van der Waals surface area contributed by atoms with Gasteiger partial charge in [-0.1, -0.05) is 43.3 Å². The molecule has 1 aliphatic heterocycles. The van der Waals surface area contributed by atoms with Gasteiger partial charge in [0.25, 0.3) is 0 Å². The summed E-state index contributed by atoms with van der Waals surface area (Å²) in [7, 11) is 1.64. The van der Waals surface area contributed by atoms with Crippen LogP contribution in [-0.4, -0.2) is 61.0 Å². The Morgan fingerprint density at radius 3 is 2.55 bits per heavy atom. The Balaban J connectivity index is 1.37. The molecule has 0 spiro atoms. The number of carbonyl (C=O) groups excluding carboxylic acids is 2. The third kappa shape index (κ3) is 6.59. The van der Waals surface area contributed by atoms with E-state index in [1.807, 2.05) is 55.5 Å². The number of amides is 2. The van der Waals surface area contributed by atoms with E-state index in [2.05, 4.69) is 5.32 Å². The van der Waals surface area contributed by atoms with Gasteiger partial charge in [0.15, 0.2) is 11.5 Å². The minimum Gasteiger partial charge on any atom is -0.493 e. The quantitative estimate of drug-likeness (QED) is 0.470. The van der Waals surface area contributed by atoms with Crippen molar-refractivity contribution in [3.05, 3.63) is 59.7 Å². The molecule has 3 atom stereocenters. The van der Waals surface area contributed by atoms with Crippen LogP contribution in [0.25, 0.3) is 0 Å². The number of nitrogens with one attached hydrogen (secondary N) is 1. The molecule has 2 N–H and O–H groups in total. The number of likely N-dealkylation sites (tertiary alicyclic amines) is 1. The highest BCUT2D eigenvalue weighted by molar-refractivity contribution is 5.78. The number of aliphatic hydroxyl groups is 1. The fourth-order valence-electron chi connectivity index (χ4n) is 5.51. The normalized spacial score (nSPS) is 22.2.